The molecule has 1 aliphatic rings. The number of benzene rings is 1. The first-order valence-corrected chi connectivity index (χ1v) is 7.41. The van der Waals surface area contributed by atoms with E-state index in [1.54, 1.807) is 0 Å². The highest BCUT2D eigenvalue weighted by Crippen LogP contribution is 2.24. The van der Waals surface area contributed by atoms with Gasteiger partial charge in [0.2, 0.25) is 0 Å². The molecule has 0 radical (unpaired) electrons. The van der Waals surface area contributed by atoms with Crippen LogP contribution in [0.1, 0.15) is 24.8 Å². The highest BCUT2D eigenvalue weighted by Gasteiger charge is 2.29. The van der Waals surface area contributed by atoms with Crippen molar-refractivity contribution in [3.05, 3.63) is 29.8 Å². The number of rotatable bonds is 5. The van der Waals surface area contributed by atoms with Gasteiger partial charge in [-0.15, -0.1) is 0 Å². The second-order valence-corrected chi connectivity index (χ2v) is 5.75. The number of hydrogen-bond acceptors (Lipinski definition) is 2. The summed E-state index contributed by atoms with van der Waals surface area (Å²) in [7, 11) is 0. The average Bonchev–Trinajstić information content (AvgIpc) is 2.44. The molecule has 1 fully saturated rings. The predicted octanol–water partition coefficient (Wildman–Crippen LogP) is 4.04. The van der Waals surface area contributed by atoms with Crippen molar-refractivity contribution in [3.63, 3.8) is 0 Å². The maximum atomic E-state index is 12.3. The number of halogens is 3. The quantitative estimate of drug-likeness (QED) is 0.814. The van der Waals surface area contributed by atoms with E-state index in [1.807, 2.05) is 36.1 Å². The minimum Gasteiger partial charge on any atom is -0.493 e. The number of nitrogens with zero attached hydrogens (tertiary/aromatic N) is 1. The fourth-order valence-electron chi connectivity index (χ4n) is 2.70. The van der Waals surface area contributed by atoms with Crippen molar-refractivity contribution in [2.24, 2.45) is 5.92 Å². The summed E-state index contributed by atoms with van der Waals surface area (Å²) in [6, 6.07) is 7.81. The smallest absolute Gasteiger partial charge is 0.390 e. The molecule has 0 aromatic heterocycles. The number of alkyl halides is 3. The molecule has 21 heavy (non-hydrogen) atoms. The summed E-state index contributed by atoms with van der Waals surface area (Å²) in [4.78, 5) is 1.91. The maximum Gasteiger partial charge on any atom is 0.390 e. The maximum absolute atomic E-state index is 12.3. The van der Waals surface area contributed by atoms with Gasteiger partial charge in [-0.2, -0.15) is 13.2 Å². The lowest BCUT2D eigenvalue weighted by molar-refractivity contribution is -0.138. The van der Waals surface area contributed by atoms with Crippen molar-refractivity contribution in [2.75, 3.05) is 26.2 Å². The largest absolute Gasteiger partial charge is 0.493 e. The zero-order chi connectivity index (χ0) is 15.3. The first-order valence-electron chi connectivity index (χ1n) is 7.41. The molecule has 1 saturated heterocycles. The number of para-hydroxylation sites is 1. The lowest BCUT2D eigenvalue weighted by Crippen LogP contribution is -2.39. The van der Waals surface area contributed by atoms with Crippen LogP contribution in [0.15, 0.2) is 24.3 Å². The molecule has 1 heterocycles. The Hall–Kier alpha value is -1.23. The van der Waals surface area contributed by atoms with E-state index in [2.05, 4.69) is 0 Å². The molecule has 1 aliphatic heterocycles. The fraction of sp³-hybridized carbons (Fsp3) is 0.625. The molecule has 1 aromatic carbocycles. The highest BCUT2D eigenvalue weighted by atomic mass is 19.4. The van der Waals surface area contributed by atoms with Crippen LogP contribution in [0.2, 0.25) is 0 Å². The van der Waals surface area contributed by atoms with Crippen molar-refractivity contribution in [3.8, 4) is 5.75 Å². The van der Waals surface area contributed by atoms with Crippen LogP contribution in [0.25, 0.3) is 0 Å². The lowest BCUT2D eigenvalue weighted by Gasteiger charge is -2.32. The van der Waals surface area contributed by atoms with Crippen LogP contribution in [-0.2, 0) is 0 Å². The monoisotopic (exact) mass is 301 g/mol. The van der Waals surface area contributed by atoms with Crippen LogP contribution in [-0.4, -0.2) is 37.3 Å². The minimum absolute atomic E-state index is 0.102. The number of likely N-dealkylation sites (tertiary alicyclic amines) is 1. The zero-order valence-electron chi connectivity index (χ0n) is 12.3. The number of hydrogen-bond donors (Lipinski definition) is 0. The third-order valence-corrected chi connectivity index (χ3v) is 3.88. The van der Waals surface area contributed by atoms with Gasteiger partial charge in [0.05, 0.1) is 13.0 Å². The highest BCUT2D eigenvalue weighted by molar-refractivity contribution is 5.31. The van der Waals surface area contributed by atoms with Crippen LogP contribution >= 0.6 is 0 Å². The molecular formula is C16H22F3NO. The summed E-state index contributed by atoms with van der Waals surface area (Å²) >= 11 is 0. The van der Waals surface area contributed by atoms with E-state index >= 15 is 0 Å². The fourth-order valence-corrected chi connectivity index (χ4v) is 2.70. The number of aryl methyl sites for hydroxylation is 1. The Labute approximate surface area is 123 Å². The van der Waals surface area contributed by atoms with E-state index in [1.165, 1.54) is 0 Å². The van der Waals surface area contributed by atoms with Gasteiger partial charge in [0, 0.05) is 19.0 Å². The van der Waals surface area contributed by atoms with Gasteiger partial charge in [-0.3, -0.25) is 0 Å². The van der Waals surface area contributed by atoms with Gasteiger partial charge in [-0.05, 0) is 37.9 Å². The summed E-state index contributed by atoms with van der Waals surface area (Å²) in [6.07, 6.45) is -2.82. The van der Waals surface area contributed by atoms with Crippen molar-refractivity contribution >= 4 is 0 Å². The Morgan fingerprint density at radius 3 is 2.76 bits per heavy atom. The molecule has 0 amide bonds. The molecule has 0 spiro atoms. The number of piperidine rings is 1. The average molecular weight is 301 g/mol. The minimum atomic E-state index is -4.06. The molecule has 118 valence electrons. The molecule has 0 saturated carbocycles. The molecule has 1 aromatic rings. The Balaban J connectivity index is 1.78. The van der Waals surface area contributed by atoms with E-state index < -0.39 is 12.6 Å². The van der Waals surface area contributed by atoms with Gasteiger partial charge in [0.15, 0.2) is 0 Å². The van der Waals surface area contributed by atoms with E-state index in [-0.39, 0.29) is 6.54 Å². The third-order valence-electron chi connectivity index (χ3n) is 3.88. The van der Waals surface area contributed by atoms with Gasteiger partial charge < -0.3 is 9.64 Å². The van der Waals surface area contributed by atoms with Crippen molar-refractivity contribution in [1.29, 1.82) is 0 Å². The molecule has 2 nitrogen and oxygen atoms in total. The zero-order valence-corrected chi connectivity index (χ0v) is 12.3. The molecule has 0 unspecified atom stereocenters. The van der Waals surface area contributed by atoms with E-state index in [9.17, 15) is 13.2 Å². The first-order chi connectivity index (χ1) is 9.94. The molecule has 5 heteroatoms. The molecule has 0 aliphatic carbocycles. The Morgan fingerprint density at radius 1 is 1.29 bits per heavy atom. The second-order valence-electron chi connectivity index (χ2n) is 5.75. The van der Waals surface area contributed by atoms with Crippen LogP contribution < -0.4 is 4.74 Å². The van der Waals surface area contributed by atoms with Crippen molar-refractivity contribution in [2.45, 2.75) is 32.4 Å². The van der Waals surface area contributed by atoms with Gasteiger partial charge in [0.25, 0.3) is 0 Å². The molecule has 0 bridgehead atoms. The first kappa shape index (κ1) is 16.1. The van der Waals surface area contributed by atoms with Crippen molar-refractivity contribution < 1.29 is 17.9 Å². The van der Waals surface area contributed by atoms with Gasteiger partial charge in [0.1, 0.15) is 5.75 Å². The normalized spacial score (nSPS) is 20.5. The Bertz CT molecular complexity index is 447. The van der Waals surface area contributed by atoms with E-state index in [0.717, 1.165) is 30.7 Å². The van der Waals surface area contributed by atoms with Crippen LogP contribution in [0.4, 0.5) is 13.2 Å². The standard InChI is InChI=1S/C16H22F3NO/c1-13-5-2-3-7-15(13)21-12-14-6-4-9-20(11-14)10-8-16(17,18)19/h2-3,5,7,14H,4,6,8-12H2,1H3/t14-/m0/s1. The lowest BCUT2D eigenvalue weighted by atomic mass is 9.99. The summed E-state index contributed by atoms with van der Waals surface area (Å²) in [5.74, 6) is 1.18. The van der Waals surface area contributed by atoms with Crippen LogP contribution in [0, 0.1) is 12.8 Å². The molecule has 0 N–H and O–H groups in total. The number of ether oxygens (including phenoxy) is 1. The van der Waals surface area contributed by atoms with Crippen LogP contribution in [0.3, 0.4) is 0 Å². The Morgan fingerprint density at radius 2 is 2.05 bits per heavy atom. The molecular weight excluding hydrogens is 279 g/mol. The van der Waals surface area contributed by atoms with Crippen LogP contribution in [0.5, 0.6) is 5.75 Å². The summed E-state index contributed by atoms with van der Waals surface area (Å²) in [6.45, 7) is 4.13. The van der Waals surface area contributed by atoms with E-state index in [0.29, 0.717) is 19.1 Å². The van der Waals surface area contributed by atoms with E-state index in [4.69, 9.17) is 4.74 Å². The summed E-state index contributed by atoms with van der Waals surface area (Å²) in [5.41, 5.74) is 1.09. The second kappa shape index (κ2) is 7.16. The van der Waals surface area contributed by atoms with Gasteiger partial charge in [-0.1, -0.05) is 18.2 Å². The molecule has 2 rings (SSSR count). The molecule has 1 atom stereocenters. The van der Waals surface area contributed by atoms with Crippen molar-refractivity contribution in [1.82, 2.24) is 4.90 Å². The van der Waals surface area contributed by atoms with Gasteiger partial charge >= 0.3 is 6.18 Å². The predicted molar refractivity (Wildman–Crippen MR) is 76.5 cm³/mol. The van der Waals surface area contributed by atoms with Gasteiger partial charge in [-0.25, -0.2) is 0 Å². The summed E-state index contributed by atoms with van der Waals surface area (Å²) < 4.78 is 42.6. The SMILES string of the molecule is Cc1ccccc1OC[C@H]1CCCN(CCC(F)(F)F)C1. The Kier molecular flexibility index (Phi) is 5.51. The topological polar surface area (TPSA) is 12.5 Å². The third kappa shape index (κ3) is 5.58. The summed E-state index contributed by atoms with van der Waals surface area (Å²) in [5, 5.41) is 0.